The summed E-state index contributed by atoms with van der Waals surface area (Å²) in [7, 11) is 0. The maximum Gasteiger partial charge on any atom is 0.305 e. The maximum atomic E-state index is 12.5. The molecule has 6 heteroatoms. The molecule has 0 aliphatic rings. The topological polar surface area (TPSA) is 95.9 Å². The van der Waals surface area contributed by atoms with Crippen LogP contribution in [0.2, 0.25) is 0 Å². The Morgan fingerprint density at radius 2 is 0.704 bits per heavy atom. The fourth-order valence-electron chi connectivity index (χ4n) is 10.1. The first kappa shape index (κ1) is 69.3. The predicted octanol–water partition coefficient (Wildman–Crippen LogP) is 20.2. The van der Waals surface area contributed by atoms with Crippen LogP contribution in [-0.4, -0.2) is 47.4 Å². The zero-order chi connectivity index (χ0) is 51.4. The molecule has 0 saturated heterocycles. The van der Waals surface area contributed by atoms with Crippen molar-refractivity contribution in [3.63, 3.8) is 0 Å². The van der Waals surface area contributed by atoms with E-state index >= 15 is 0 Å². The van der Waals surface area contributed by atoms with E-state index in [4.69, 9.17) is 4.74 Å². The van der Waals surface area contributed by atoms with Crippen molar-refractivity contribution >= 4 is 11.9 Å². The van der Waals surface area contributed by atoms with Crippen LogP contribution < -0.4 is 5.32 Å². The van der Waals surface area contributed by atoms with Gasteiger partial charge in [-0.3, -0.25) is 9.59 Å². The van der Waals surface area contributed by atoms with E-state index in [-0.39, 0.29) is 18.5 Å². The lowest BCUT2D eigenvalue weighted by atomic mass is 10.0. The second-order valence-electron chi connectivity index (χ2n) is 22.1. The van der Waals surface area contributed by atoms with E-state index in [1.54, 1.807) is 0 Å². The van der Waals surface area contributed by atoms with Crippen LogP contribution in [0.25, 0.3) is 0 Å². The van der Waals surface area contributed by atoms with E-state index in [0.717, 1.165) is 44.9 Å². The van der Waals surface area contributed by atoms with Gasteiger partial charge < -0.3 is 20.3 Å². The molecule has 0 aromatic carbocycles. The standard InChI is InChI=1S/C65H125NO5/c1-3-5-7-9-11-13-15-17-31-35-39-43-47-51-55-59-65(70)71-60-56-52-48-44-40-36-33-30-28-26-24-22-20-18-19-21-23-25-27-29-32-34-38-42-46-50-54-58-64(69)66-62(61-67)63(68)57-53-49-45-41-37-16-14-12-10-8-6-4-2/h18-19,22,24,62-63,67-68H,3-17,20-21,23,25-61H2,1-2H3,(H,66,69)/b19-18-,24-22-. The lowest BCUT2D eigenvalue weighted by Gasteiger charge is -2.22. The lowest BCUT2D eigenvalue weighted by molar-refractivity contribution is -0.143. The molecule has 1 amide bonds. The molecule has 0 aromatic rings. The van der Waals surface area contributed by atoms with Gasteiger partial charge in [-0.1, -0.05) is 308 Å². The van der Waals surface area contributed by atoms with Crippen molar-refractivity contribution in [2.45, 2.75) is 366 Å². The van der Waals surface area contributed by atoms with Gasteiger partial charge in [0.05, 0.1) is 25.4 Å². The molecule has 0 heterocycles. The van der Waals surface area contributed by atoms with Crippen LogP contribution in [-0.2, 0) is 14.3 Å². The molecule has 0 aliphatic carbocycles. The maximum absolute atomic E-state index is 12.5. The van der Waals surface area contributed by atoms with Crippen molar-refractivity contribution in [1.29, 1.82) is 0 Å². The van der Waals surface area contributed by atoms with Gasteiger partial charge in [0.1, 0.15) is 0 Å². The molecule has 3 N–H and O–H groups in total. The molecule has 420 valence electrons. The van der Waals surface area contributed by atoms with Crippen molar-refractivity contribution in [3.8, 4) is 0 Å². The Morgan fingerprint density at radius 3 is 1.07 bits per heavy atom. The highest BCUT2D eigenvalue weighted by molar-refractivity contribution is 5.76. The average molecular weight is 1000 g/mol. The number of carbonyl (C=O) groups is 2. The number of aliphatic hydroxyl groups excluding tert-OH is 2. The average Bonchev–Trinajstić information content (AvgIpc) is 3.37. The third-order valence-electron chi connectivity index (χ3n) is 15.0. The number of ether oxygens (including phenoxy) is 1. The molecule has 0 bridgehead atoms. The second kappa shape index (κ2) is 60.9. The molecular formula is C65H125NO5. The van der Waals surface area contributed by atoms with Crippen molar-refractivity contribution in [2.24, 2.45) is 0 Å². The quantitative estimate of drug-likeness (QED) is 0.0320. The minimum Gasteiger partial charge on any atom is -0.466 e. The van der Waals surface area contributed by atoms with Gasteiger partial charge >= 0.3 is 5.97 Å². The number of hydrogen-bond donors (Lipinski definition) is 3. The number of amides is 1. The molecule has 0 aliphatic heterocycles. The van der Waals surface area contributed by atoms with E-state index in [9.17, 15) is 19.8 Å². The third kappa shape index (κ3) is 57.5. The highest BCUT2D eigenvalue weighted by atomic mass is 16.5. The molecule has 0 aromatic heterocycles. The van der Waals surface area contributed by atoms with E-state index < -0.39 is 12.1 Å². The summed E-state index contributed by atoms with van der Waals surface area (Å²) < 4.78 is 5.49. The molecule has 0 rings (SSSR count). The van der Waals surface area contributed by atoms with Gasteiger partial charge in [0, 0.05) is 12.8 Å². The normalized spacial score (nSPS) is 12.7. The predicted molar refractivity (Wildman–Crippen MR) is 310 cm³/mol. The van der Waals surface area contributed by atoms with Crippen molar-refractivity contribution in [1.82, 2.24) is 5.32 Å². The van der Waals surface area contributed by atoms with Gasteiger partial charge in [-0.2, -0.15) is 0 Å². The summed E-state index contributed by atoms with van der Waals surface area (Å²) in [6, 6.07) is -0.542. The van der Waals surface area contributed by atoms with Crippen LogP contribution in [0.5, 0.6) is 0 Å². The largest absolute Gasteiger partial charge is 0.466 e. The molecule has 6 nitrogen and oxygen atoms in total. The summed E-state index contributed by atoms with van der Waals surface area (Å²) in [6.07, 6.45) is 74.9. The zero-order valence-electron chi connectivity index (χ0n) is 48.0. The molecule has 0 spiro atoms. The third-order valence-corrected chi connectivity index (χ3v) is 15.0. The molecule has 2 atom stereocenters. The Labute approximate surface area is 443 Å². The summed E-state index contributed by atoms with van der Waals surface area (Å²) in [4.78, 5) is 24.5. The van der Waals surface area contributed by atoms with Gasteiger partial charge in [-0.05, 0) is 57.8 Å². The Bertz CT molecular complexity index is 1110. The molecule has 71 heavy (non-hydrogen) atoms. The van der Waals surface area contributed by atoms with E-state index in [1.807, 2.05) is 0 Å². The lowest BCUT2D eigenvalue weighted by Crippen LogP contribution is -2.45. The Balaban J connectivity index is 3.39. The summed E-state index contributed by atoms with van der Waals surface area (Å²) in [5.74, 6) is -0.0235. The van der Waals surface area contributed by atoms with E-state index in [0.29, 0.717) is 25.9 Å². The summed E-state index contributed by atoms with van der Waals surface area (Å²) in [5, 5.41) is 23.2. The number of aliphatic hydroxyl groups is 2. The number of nitrogens with one attached hydrogen (secondary N) is 1. The van der Waals surface area contributed by atoms with Gasteiger partial charge in [-0.25, -0.2) is 0 Å². The summed E-state index contributed by atoms with van der Waals surface area (Å²) in [5.41, 5.74) is 0. The minimum absolute atomic E-state index is 0.0139. The van der Waals surface area contributed by atoms with Crippen LogP contribution in [0.3, 0.4) is 0 Å². The van der Waals surface area contributed by atoms with Crippen molar-refractivity contribution in [2.75, 3.05) is 13.2 Å². The molecule has 0 fully saturated rings. The number of carbonyl (C=O) groups excluding carboxylic acids is 2. The monoisotopic (exact) mass is 1000 g/mol. The first-order chi connectivity index (χ1) is 35.0. The summed E-state index contributed by atoms with van der Waals surface area (Å²) >= 11 is 0. The van der Waals surface area contributed by atoms with Crippen LogP contribution >= 0.6 is 0 Å². The minimum atomic E-state index is -0.665. The fraction of sp³-hybridized carbons (Fsp3) is 0.908. The highest BCUT2D eigenvalue weighted by Crippen LogP contribution is 2.18. The SMILES string of the molecule is CCCCCCCCCCCCCCCCCC(=O)OCCCCCCCCCCC/C=C\C/C=C\CCCCCCCCCCCCCC(=O)NC(CO)C(O)CCCCCCCCCCCCCC. The van der Waals surface area contributed by atoms with Crippen molar-refractivity contribution in [3.05, 3.63) is 24.3 Å². The van der Waals surface area contributed by atoms with E-state index in [2.05, 4.69) is 43.5 Å². The van der Waals surface area contributed by atoms with Gasteiger partial charge in [-0.15, -0.1) is 0 Å². The van der Waals surface area contributed by atoms with Gasteiger partial charge in [0.2, 0.25) is 5.91 Å². The molecule has 2 unspecified atom stereocenters. The second-order valence-corrected chi connectivity index (χ2v) is 22.1. The zero-order valence-corrected chi connectivity index (χ0v) is 48.0. The number of rotatable bonds is 60. The van der Waals surface area contributed by atoms with E-state index in [1.165, 1.54) is 276 Å². The first-order valence-corrected chi connectivity index (χ1v) is 32.1. The van der Waals surface area contributed by atoms with Crippen LogP contribution in [0, 0.1) is 0 Å². The Kier molecular flexibility index (Phi) is 59.5. The van der Waals surface area contributed by atoms with Crippen LogP contribution in [0.4, 0.5) is 0 Å². The smallest absolute Gasteiger partial charge is 0.305 e. The molecule has 0 radical (unpaired) electrons. The Morgan fingerprint density at radius 1 is 0.394 bits per heavy atom. The van der Waals surface area contributed by atoms with Gasteiger partial charge in [0.15, 0.2) is 0 Å². The van der Waals surface area contributed by atoms with Gasteiger partial charge in [0.25, 0.3) is 0 Å². The van der Waals surface area contributed by atoms with Crippen LogP contribution in [0.15, 0.2) is 24.3 Å². The molecular weight excluding hydrogens is 875 g/mol. The number of hydrogen-bond acceptors (Lipinski definition) is 5. The highest BCUT2D eigenvalue weighted by Gasteiger charge is 2.20. The van der Waals surface area contributed by atoms with Crippen molar-refractivity contribution < 1.29 is 24.5 Å². The first-order valence-electron chi connectivity index (χ1n) is 32.1. The number of allylic oxidation sites excluding steroid dienone is 4. The number of esters is 1. The fourth-order valence-corrected chi connectivity index (χ4v) is 10.1. The molecule has 0 saturated carbocycles. The van der Waals surface area contributed by atoms with Crippen LogP contribution in [0.1, 0.15) is 354 Å². The Hall–Kier alpha value is -1.66. The summed E-state index contributed by atoms with van der Waals surface area (Å²) in [6.45, 7) is 4.97. The number of unbranched alkanes of at least 4 members (excludes halogenated alkanes) is 45.